The maximum atomic E-state index is 14.8. The molecule has 7 nitrogen and oxygen atoms in total. The Morgan fingerprint density at radius 1 is 1.09 bits per heavy atom. The zero-order chi connectivity index (χ0) is 24.6. The highest BCUT2D eigenvalue weighted by atomic mass is 35.5. The van der Waals surface area contributed by atoms with Crippen molar-refractivity contribution in [3.63, 3.8) is 0 Å². The van der Waals surface area contributed by atoms with Gasteiger partial charge in [0, 0.05) is 22.8 Å². The smallest absolute Gasteiger partial charge is 0.265 e. The summed E-state index contributed by atoms with van der Waals surface area (Å²) in [5.74, 6) is -2.63. The Morgan fingerprint density at radius 3 is 2.56 bits per heavy atom. The number of nitrogens with one attached hydrogen (secondary N) is 2. The Hall–Kier alpha value is -3.37. The van der Waals surface area contributed by atoms with Gasteiger partial charge in [-0.05, 0) is 31.2 Å². The number of halogens is 3. The molecule has 0 saturated carbocycles. The molecule has 1 heterocycles. The topological polar surface area (TPSA) is 93.7 Å². The van der Waals surface area contributed by atoms with E-state index in [0.717, 1.165) is 12.1 Å². The first-order chi connectivity index (χ1) is 16.1. The van der Waals surface area contributed by atoms with E-state index in [9.17, 15) is 22.0 Å². The molecular weight excluding hydrogens is 490 g/mol. The van der Waals surface area contributed by atoms with Crippen LogP contribution in [0.4, 0.5) is 14.5 Å². The summed E-state index contributed by atoms with van der Waals surface area (Å²) in [5, 5.41) is 2.55. The zero-order valence-corrected chi connectivity index (χ0v) is 19.6. The predicted octanol–water partition coefficient (Wildman–Crippen LogP) is 4.61. The molecule has 2 N–H and O–H groups in total. The van der Waals surface area contributed by atoms with Gasteiger partial charge in [0.15, 0.2) is 5.75 Å². The fraction of sp³-hybridized carbons (Fsp3) is 0.174. The third-order valence-electron chi connectivity index (χ3n) is 5.11. The minimum Gasteiger partial charge on any atom is -0.494 e. The molecule has 0 radical (unpaired) electrons. The molecule has 0 aromatic heterocycles. The van der Waals surface area contributed by atoms with E-state index in [2.05, 4.69) is 10.0 Å². The van der Waals surface area contributed by atoms with E-state index in [1.807, 2.05) is 0 Å². The molecule has 1 aliphatic heterocycles. The van der Waals surface area contributed by atoms with Crippen LogP contribution in [0.1, 0.15) is 17.3 Å². The Labute approximate surface area is 199 Å². The number of hydrogen-bond donors (Lipinski definition) is 2. The number of hydrogen-bond acceptors (Lipinski definition) is 5. The summed E-state index contributed by atoms with van der Waals surface area (Å²) >= 11 is 6.19. The van der Waals surface area contributed by atoms with Crippen LogP contribution in [0.15, 0.2) is 53.4 Å². The summed E-state index contributed by atoms with van der Waals surface area (Å²) in [6.45, 7) is 1.70. The first kappa shape index (κ1) is 23.8. The van der Waals surface area contributed by atoms with Gasteiger partial charge in [-0.1, -0.05) is 29.8 Å². The average molecular weight is 509 g/mol. The molecular formula is C23H19ClF2N2O5S. The lowest BCUT2D eigenvalue weighted by molar-refractivity contribution is 0.0926. The van der Waals surface area contributed by atoms with Crippen LogP contribution in [0, 0.1) is 11.6 Å². The van der Waals surface area contributed by atoms with Crippen molar-refractivity contribution in [2.45, 2.75) is 17.9 Å². The summed E-state index contributed by atoms with van der Waals surface area (Å²) < 4.78 is 68.9. The summed E-state index contributed by atoms with van der Waals surface area (Å²) in [5.41, 5.74) is -0.383. The summed E-state index contributed by atoms with van der Waals surface area (Å²) in [6, 6.07) is 9.86. The highest BCUT2D eigenvalue weighted by Gasteiger charge is 2.27. The minimum atomic E-state index is -4.53. The van der Waals surface area contributed by atoms with Gasteiger partial charge in [-0.2, -0.15) is 0 Å². The van der Waals surface area contributed by atoms with Crippen LogP contribution in [0.2, 0.25) is 5.02 Å². The van der Waals surface area contributed by atoms with E-state index in [1.54, 1.807) is 31.2 Å². The van der Waals surface area contributed by atoms with Gasteiger partial charge in [0.05, 0.1) is 23.9 Å². The summed E-state index contributed by atoms with van der Waals surface area (Å²) in [6.07, 6.45) is 0. The Bertz CT molecular complexity index is 1400. The van der Waals surface area contributed by atoms with E-state index in [4.69, 9.17) is 21.1 Å². The van der Waals surface area contributed by atoms with Crippen LogP contribution >= 0.6 is 11.6 Å². The fourth-order valence-electron chi connectivity index (χ4n) is 3.51. The molecule has 11 heteroatoms. The highest BCUT2D eigenvalue weighted by Crippen LogP contribution is 2.38. The third-order valence-corrected chi connectivity index (χ3v) is 6.76. The van der Waals surface area contributed by atoms with Crippen molar-refractivity contribution in [2.75, 3.05) is 18.4 Å². The quantitative estimate of drug-likeness (QED) is 0.501. The monoisotopic (exact) mass is 508 g/mol. The van der Waals surface area contributed by atoms with Crippen LogP contribution in [0.25, 0.3) is 11.1 Å². The fourth-order valence-corrected chi connectivity index (χ4v) is 5.14. The lowest BCUT2D eigenvalue weighted by atomic mass is 10.0. The van der Waals surface area contributed by atoms with Gasteiger partial charge >= 0.3 is 0 Å². The number of methoxy groups -OCH3 is 1. The van der Waals surface area contributed by atoms with Crippen LogP contribution in [0.3, 0.4) is 0 Å². The third kappa shape index (κ3) is 4.51. The molecule has 1 atom stereocenters. The van der Waals surface area contributed by atoms with E-state index in [-0.39, 0.29) is 39.8 Å². The van der Waals surface area contributed by atoms with Crippen LogP contribution < -0.4 is 19.5 Å². The number of benzene rings is 3. The lowest BCUT2D eigenvalue weighted by Crippen LogP contribution is -2.37. The summed E-state index contributed by atoms with van der Waals surface area (Å²) in [7, 11) is -3.32. The van der Waals surface area contributed by atoms with Gasteiger partial charge in [0.25, 0.3) is 15.9 Å². The Balaban J connectivity index is 1.96. The number of para-hydroxylation sites is 1. The normalized spacial score (nSPS) is 17.2. The predicted molar refractivity (Wildman–Crippen MR) is 123 cm³/mol. The van der Waals surface area contributed by atoms with Crippen molar-refractivity contribution in [2.24, 2.45) is 0 Å². The van der Waals surface area contributed by atoms with E-state index in [1.165, 1.54) is 13.2 Å². The number of amides is 1. The molecule has 4 bridgehead atoms. The molecule has 0 unspecified atom stereocenters. The number of carbonyl (C=O) groups is 1. The van der Waals surface area contributed by atoms with E-state index < -0.39 is 44.2 Å². The number of carbonyl (C=O) groups excluding carboxylic acids is 1. The SMILES string of the molecule is COc1c(Cl)cc2cc1S(=O)(=O)Nc1cc(c(F)cc1F)-c1ccccc1OC[C@@H](C)NC2=O. The molecule has 34 heavy (non-hydrogen) atoms. The van der Waals surface area contributed by atoms with Crippen molar-refractivity contribution in [3.8, 4) is 22.6 Å². The second kappa shape index (κ2) is 9.11. The second-order valence-electron chi connectivity index (χ2n) is 7.59. The number of anilines is 1. The van der Waals surface area contributed by atoms with Gasteiger partial charge in [-0.3, -0.25) is 9.52 Å². The molecule has 0 saturated heterocycles. The highest BCUT2D eigenvalue weighted by molar-refractivity contribution is 7.92. The van der Waals surface area contributed by atoms with Gasteiger partial charge in [-0.25, -0.2) is 17.2 Å². The summed E-state index contributed by atoms with van der Waals surface area (Å²) in [4.78, 5) is 12.3. The van der Waals surface area contributed by atoms with Crippen molar-refractivity contribution in [3.05, 3.63) is 70.8 Å². The van der Waals surface area contributed by atoms with Crippen molar-refractivity contribution in [1.29, 1.82) is 0 Å². The molecule has 4 rings (SSSR count). The van der Waals surface area contributed by atoms with Crippen molar-refractivity contribution < 1.29 is 31.5 Å². The molecule has 0 aliphatic carbocycles. The number of fused-ring (bicyclic) bond motifs is 6. The van der Waals surface area contributed by atoms with Crippen molar-refractivity contribution in [1.82, 2.24) is 5.32 Å². The Morgan fingerprint density at radius 2 is 1.82 bits per heavy atom. The van der Waals surface area contributed by atoms with Crippen molar-refractivity contribution >= 4 is 33.2 Å². The zero-order valence-electron chi connectivity index (χ0n) is 18.0. The van der Waals surface area contributed by atoms with Crippen LogP contribution in [-0.2, 0) is 10.0 Å². The van der Waals surface area contributed by atoms with Crippen LogP contribution in [-0.4, -0.2) is 34.1 Å². The average Bonchev–Trinajstić information content (AvgIpc) is 2.78. The number of sulfonamides is 1. The standard InChI is InChI=1S/C23H19ClF2N2O5S/c1-12-11-33-20-6-4-3-5-14(20)15-9-19(18(26)10-17(15)25)28-34(30,31)21-8-13(23(29)27-12)7-16(24)22(21)32-2/h3-10,12,28H,11H2,1-2H3,(H,27,29)/t12-/m1/s1. The molecule has 178 valence electrons. The van der Waals surface area contributed by atoms with E-state index >= 15 is 0 Å². The largest absolute Gasteiger partial charge is 0.494 e. The maximum absolute atomic E-state index is 14.8. The lowest BCUT2D eigenvalue weighted by Gasteiger charge is -2.17. The van der Waals surface area contributed by atoms with Gasteiger partial charge < -0.3 is 14.8 Å². The molecule has 3 aromatic rings. The van der Waals surface area contributed by atoms with E-state index in [0.29, 0.717) is 6.07 Å². The molecule has 0 spiro atoms. The first-order valence-corrected chi connectivity index (χ1v) is 11.9. The van der Waals surface area contributed by atoms with Crippen LogP contribution in [0.5, 0.6) is 11.5 Å². The number of rotatable bonds is 1. The molecule has 0 fully saturated rings. The molecule has 3 aromatic carbocycles. The van der Waals surface area contributed by atoms with Gasteiger partial charge in [0.1, 0.15) is 28.9 Å². The number of ether oxygens (including phenoxy) is 2. The van der Waals surface area contributed by atoms with Gasteiger partial charge in [0.2, 0.25) is 0 Å². The minimum absolute atomic E-state index is 0.0196. The maximum Gasteiger partial charge on any atom is 0.265 e. The first-order valence-electron chi connectivity index (χ1n) is 10.0. The van der Waals surface area contributed by atoms with Gasteiger partial charge in [-0.15, -0.1) is 0 Å². The molecule has 1 aliphatic rings. The Kier molecular flexibility index (Phi) is 6.37. The second-order valence-corrected chi connectivity index (χ2v) is 9.65. The molecule has 1 amide bonds.